The maximum atomic E-state index is 12.7. The molecule has 0 saturated carbocycles. The van der Waals surface area contributed by atoms with E-state index in [0.717, 1.165) is 11.1 Å². The largest absolute Gasteiger partial charge is 0.497 e. The summed E-state index contributed by atoms with van der Waals surface area (Å²) >= 11 is 12.2. The second kappa shape index (κ2) is 9.71. The fourth-order valence-corrected chi connectivity index (χ4v) is 5.70. The molecule has 1 N–H and O–H groups in total. The minimum Gasteiger partial charge on any atom is -0.497 e. The Bertz CT molecular complexity index is 1120. The van der Waals surface area contributed by atoms with Crippen LogP contribution in [-0.2, 0) is 10.0 Å². The maximum absolute atomic E-state index is 12.7. The van der Waals surface area contributed by atoms with Crippen molar-refractivity contribution in [1.82, 2.24) is 4.90 Å². The number of nitrogens with zero attached hydrogens (tertiary/aromatic N) is 1. The number of anilines is 1. The highest BCUT2D eigenvalue weighted by atomic mass is 35.5. The van der Waals surface area contributed by atoms with Gasteiger partial charge in [-0.2, -0.15) is 0 Å². The third kappa shape index (κ3) is 5.56. The highest BCUT2D eigenvalue weighted by molar-refractivity contribution is 7.92. The number of nitrogens with one attached hydrogen (secondary N) is 1. The molecule has 5 nitrogen and oxygen atoms in total. The SMILES string of the molecule is COc1cccc(NS(=O)(=O)CC2CN(C(c3ccc(Cl)cc3)c3ccc(Cl)cc3)C2)c1. The van der Waals surface area contributed by atoms with Gasteiger partial charge in [-0.25, -0.2) is 8.42 Å². The van der Waals surface area contributed by atoms with Gasteiger partial charge in [0.1, 0.15) is 5.75 Å². The number of benzene rings is 3. The van der Waals surface area contributed by atoms with E-state index in [-0.39, 0.29) is 17.7 Å². The monoisotopic (exact) mass is 490 g/mol. The Balaban J connectivity index is 1.45. The van der Waals surface area contributed by atoms with Crippen LogP contribution in [-0.4, -0.2) is 39.3 Å². The lowest BCUT2D eigenvalue weighted by Gasteiger charge is -2.44. The number of rotatable bonds is 8. The molecule has 0 aromatic heterocycles. The van der Waals surface area contributed by atoms with Crippen molar-refractivity contribution in [1.29, 1.82) is 0 Å². The van der Waals surface area contributed by atoms with E-state index < -0.39 is 10.0 Å². The zero-order valence-electron chi connectivity index (χ0n) is 17.5. The molecule has 1 aliphatic rings. The molecular weight excluding hydrogens is 467 g/mol. The zero-order chi connectivity index (χ0) is 22.7. The molecule has 0 unspecified atom stereocenters. The normalized spacial score (nSPS) is 14.9. The number of methoxy groups -OCH3 is 1. The van der Waals surface area contributed by atoms with E-state index in [0.29, 0.717) is 34.6 Å². The standard InChI is InChI=1S/C24H24Cl2N2O3S/c1-31-23-4-2-3-22(13-23)27-32(29,30)16-17-14-28(15-17)24(18-5-9-20(25)10-6-18)19-7-11-21(26)12-8-19/h2-13,17,24,27H,14-16H2,1H3. The fourth-order valence-electron chi connectivity index (χ4n) is 4.05. The van der Waals surface area contributed by atoms with Crippen LogP contribution in [0, 0.1) is 5.92 Å². The Labute approximate surface area is 199 Å². The van der Waals surface area contributed by atoms with E-state index in [1.807, 2.05) is 48.5 Å². The average Bonchev–Trinajstić information content (AvgIpc) is 2.74. The zero-order valence-corrected chi connectivity index (χ0v) is 19.9. The lowest BCUT2D eigenvalue weighted by atomic mass is 9.91. The number of hydrogen-bond acceptors (Lipinski definition) is 4. The maximum Gasteiger partial charge on any atom is 0.233 e. The van der Waals surface area contributed by atoms with Gasteiger partial charge in [-0.3, -0.25) is 9.62 Å². The molecule has 0 amide bonds. The fraction of sp³-hybridized carbons (Fsp3) is 0.250. The van der Waals surface area contributed by atoms with Crippen LogP contribution in [0.5, 0.6) is 5.75 Å². The summed E-state index contributed by atoms with van der Waals surface area (Å²) in [7, 11) is -1.93. The van der Waals surface area contributed by atoms with Crippen molar-refractivity contribution in [2.45, 2.75) is 6.04 Å². The summed E-state index contributed by atoms with van der Waals surface area (Å²) < 4.78 is 33.2. The van der Waals surface area contributed by atoms with Crippen LogP contribution in [0.1, 0.15) is 17.2 Å². The first-order chi connectivity index (χ1) is 15.3. The molecule has 1 saturated heterocycles. The van der Waals surface area contributed by atoms with Crippen LogP contribution < -0.4 is 9.46 Å². The molecule has 0 radical (unpaired) electrons. The molecule has 3 aromatic rings. The molecule has 0 spiro atoms. The highest BCUT2D eigenvalue weighted by Gasteiger charge is 2.36. The van der Waals surface area contributed by atoms with Crippen LogP contribution in [0.3, 0.4) is 0 Å². The van der Waals surface area contributed by atoms with Gasteiger partial charge in [-0.15, -0.1) is 0 Å². The van der Waals surface area contributed by atoms with E-state index in [1.165, 1.54) is 0 Å². The summed E-state index contributed by atoms with van der Waals surface area (Å²) in [6, 6.07) is 22.5. The quantitative estimate of drug-likeness (QED) is 0.455. The molecule has 1 fully saturated rings. The van der Waals surface area contributed by atoms with Gasteiger partial charge in [0.25, 0.3) is 0 Å². The van der Waals surface area contributed by atoms with Gasteiger partial charge in [0.15, 0.2) is 0 Å². The van der Waals surface area contributed by atoms with Gasteiger partial charge in [-0.05, 0) is 47.5 Å². The first-order valence-electron chi connectivity index (χ1n) is 10.2. The Hall–Kier alpha value is -2.25. The molecule has 32 heavy (non-hydrogen) atoms. The van der Waals surface area contributed by atoms with E-state index >= 15 is 0 Å². The Morgan fingerprint density at radius 2 is 1.53 bits per heavy atom. The Morgan fingerprint density at radius 3 is 2.06 bits per heavy atom. The van der Waals surface area contributed by atoms with Gasteiger partial charge in [0.05, 0.1) is 24.6 Å². The van der Waals surface area contributed by atoms with Crippen molar-refractivity contribution >= 4 is 38.9 Å². The van der Waals surface area contributed by atoms with E-state index in [2.05, 4.69) is 9.62 Å². The predicted octanol–water partition coefficient (Wildman–Crippen LogP) is 5.47. The molecule has 1 heterocycles. The van der Waals surface area contributed by atoms with Crippen LogP contribution in [0.25, 0.3) is 0 Å². The first kappa shape index (κ1) is 22.9. The van der Waals surface area contributed by atoms with E-state index in [9.17, 15) is 8.42 Å². The number of ether oxygens (including phenoxy) is 1. The van der Waals surface area contributed by atoms with E-state index in [4.69, 9.17) is 27.9 Å². The van der Waals surface area contributed by atoms with E-state index in [1.54, 1.807) is 31.4 Å². The van der Waals surface area contributed by atoms with Gasteiger partial charge in [0.2, 0.25) is 10.0 Å². The van der Waals surface area contributed by atoms with Gasteiger partial charge in [0, 0.05) is 35.1 Å². The van der Waals surface area contributed by atoms with Crippen molar-refractivity contribution in [3.63, 3.8) is 0 Å². The third-order valence-electron chi connectivity index (χ3n) is 5.52. The van der Waals surface area contributed by atoms with Crippen LogP contribution in [0.2, 0.25) is 10.0 Å². The lowest BCUT2D eigenvalue weighted by Crippen LogP contribution is -2.51. The van der Waals surface area contributed by atoms with Gasteiger partial charge in [-0.1, -0.05) is 53.5 Å². The van der Waals surface area contributed by atoms with Crippen LogP contribution in [0.15, 0.2) is 72.8 Å². The summed E-state index contributed by atoms with van der Waals surface area (Å²) in [4.78, 5) is 2.28. The summed E-state index contributed by atoms with van der Waals surface area (Å²) in [6.45, 7) is 1.35. The number of sulfonamides is 1. The van der Waals surface area contributed by atoms with Crippen LogP contribution in [0.4, 0.5) is 5.69 Å². The molecule has 4 rings (SSSR count). The lowest BCUT2D eigenvalue weighted by molar-refractivity contribution is 0.0813. The van der Waals surface area contributed by atoms with Crippen molar-refractivity contribution in [3.8, 4) is 5.75 Å². The number of likely N-dealkylation sites (tertiary alicyclic amines) is 1. The van der Waals surface area contributed by atoms with Crippen molar-refractivity contribution in [3.05, 3.63) is 94.0 Å². The predicted molar refractivity (Wildman–Crippen MR) is 130 cm³/mol. The first-order valence-corrected chi connectivity index (χ1v) is 12.6. The van der Waals surface area contributed by atoms with Gasteiger partial charge < -0.3 is 4.74 Å². The molecule has 3 aromatic carbocycles. The third-order valence-corrected chi connectivity index (χ3v) is 7.48. The van der Waals surface area contributed by atoms with Crippen molar-refractivity contribution in [2.75, 3.05) is 30.7 Å². The molecule has 0 atom stereocenters. The minimum atomic E-state index is -3.48. The smallest absolute Gasteiger partial charge is 0.233 e. The summed E-state index contributed by atoms with van der Waals surface area (Å²) in [6.07, 6.45) is 0. The van der Waals surface area contributed by atoms with Crippen molar-refractivity contribution < 1.29 is 13.2 Å². The molecule has 0 aliphatic carbocycles. The van der Waals surface area contributed by atoms with Crippen LogP contribution >= 0.6 is 23.2 Å². The molecular formula is C24H24Cl2N2O3S. The Morgan fingerprint density at radius 1 is 0.969 bits per heavy atom. The summed E-state index contributed by atoms with van der Waals surface area (Å²) in [5, 5.41) is 1.36. The number of halogens is 2. The molecule has 0 bridgehead atoms. The molecule has 168 valence electrons. The summed E-state index contributed by atoms with van der Waals surface area (Å²) in [5.41, 5.74) is 2.71. The molecule has 1 aliphatic heterocycles. The second-order valence-corrected chi connectivity index (χ2v) is 10.6. The summed E-state index contributed by atoms with van der Waals surface area (Å²) in [5.74, 6) is 0.711. The number of hydrogen-bond donors (Lipinski definition) is 1. The second-order valence-electron chi connectivity index (χ2n) is 7.94. The van der Waals surface area contributed by atoms with Crippen molar-refractivity contribution in [2.24, 2.45) is 5.92 Å². The Kier molecular flexibility index (Phi) is 6.96. The minimum absolute atomic E-state index is 0.00910. The average molecular weight is 491 g/mol. The molecule has 8 heteroatoms. The van der Waals surface area contributed by atoms with Gasteiger partial charge >= 0.3 is 0 Å². The highest BCUT2D eigenvalue weighted by Crippen LogP contribution is 2.36. The topological polar surface area (TPSA) is 58.6 Å².